The summed E-state index contributed by atoms with van der Waals surface area (Å²) in [6, 6.07) is 6.94. The van der Waals surface area contributed by atoms with Gasteiger partial charge in [0.05, 0.1) is 6.61 Å². The molecular weight excluding hydrogens is 304 g/mol. The van der Waals surface area contributed by atoms with Crippen LogP contribution in [0.5, 0.6) is 5.75 Å². The van der Waals surface area contributed by atoms with Gasteiger partial charge in [-0.05, 0) is 64.2 Å². The molecule has 0 saturated heterocycles. The van der Waals surface area contributed by atoms with E-state index in [1.807, 2.05) is 0 Å². The fraction of sp³-hybridized carbons (Fsp3) is 0.467. The van der Waals surface area contributed by atoms with Crippen LogP contribution in [0.25, 0.3) is 0 Å². The number of hydrogen-bond acceptors (Lipinski definition) is 5. The van der Waals surface area contributed by atoms with Gasteiger partial charge in [-0.15, -0.1) is 0 Å². The molecule has 1 unspecified atom stereocenters. The molecule has 1 aromatic rings. The Morgan fingerprint density at radius 2 is 1.95 bits per heavy atom. The summed E-state index contributed by atoms with van der Waals surface area (Å²) >= 11 is 5.08. The molecule has 0 spiro atoms. The van der Waals surface area contributed by atoms with Crippen LogP contribution >= 0.6 is 12.2 Å². The van der Waals surface area contributed by atoms with Gasteiger partial charge in [-0.2, -0.15) is 0 Å². The van der Waals surface area contributed by atoms with Gasteiger partial charge in [0, 0.05) is 5.69 Å². The molecule has 0 aliphatic rings. The number of hydrogen-bond donors (Lipinski definition) is 3. The van der Waals surface area contributed by atoms with Crippen LogP contribution in [-0.4, -0.2) is 34.6 Å². The molecule has 1 atom stereocenters. The summed E-state index contributed by atoms with van der Waals surface area (Å²) in [7, 11) is 0. The third-order valence-corrected chi connectivity index (χ3v) is 2.67. The molecule has 6 nitrogen and oxygen atoms in total. The maximum Gasteiger partial charge on any atom is 0.347 e. The average molecular weight is 326 g/mol. The molecule has 0 bridgehead atoms. The molecule has 0 aliphatic carbocycles. The zero-order valence-corrected chi connectivity index (χ0v) is 14.0. The molecule has 122 valence electrons. The molecule has 22 heavy (non-hydrogen) atoms. The van der Waals surface area contributed by atoms with Crippen molar-refractivity contribution in [1.29, 1.82) is 0 Å². The van der Waals surface area contributed by atoms with Crippen molar-refractivity contribution in [3.05, 3.63) is 24.3 Å². The fourth-order valence-electron chi connectivity index (χ4n) is 1.57. The summed E-state index contributed by atoms with van der Waals surface area (Å²) in [5.74, 6) is 0.146. The summed E-state index contributed by atoms with van der Waals surface area (Å²) in [6.07, 6.45) is -0.670. The fourth-order valence-corrected chi connectivity index (χ4v) is 1.94. The molecule has 3 N–H and O–H groups in total. The van der Waals surface area contributed by atoms with Gasteiger partial charge in [0.25, 0.3) is 0 Å². The molecule has 1 rings (SSSR count). The zero-order chi connectivity index (χ0) is 16.8. The normalized spacial score (nSPS) is 12.2. The van der Waals surface area contributed by atoms with Gasteiger partial charge in [-0.25, -0.2) is 4.79 Å². The van der Waals surface area contributed by atoms with Crippen LogP contribution < -0.4 is 15.4 Å². The van der Waals surface area contributed by atoms with Crippen LogP contribution in [0.3, 0.4) is 0 Å². The Hall–Kier alpha value is -1.86. The molecule has 0 fully saturated rings. The van der Waals surface area contributed by atoms with Crippen molar-refractivity contribution in [2.45, 2.75) is 39.5 Å². The van der Waals surface area contributed by atoms with Gasteiger partial charge < -0.3 is 25.2 Å². The van der Waals surface area contributed by atoms with Gasteiger partial charge in [0.1, 0.15) is 11.5 Å². The van der Waals surface area contributed by atoms with Gasteiger partial charge in [-0.1, -0.05) is 0 Å². The first-order valence-electron chi connectivity index (χ1n) is 6.96. The Balaban J connectivity index is 2.56. The minimum atomic E-state index is -1.10. The summed E-state index contributed by atoms with van der Waals surface area (Å²) in [4.78, 5) is 11.5. The second kappa shape index (κ2) is 7.95. The average Bonchev–Trinajstić information content (AvgIpc) is 2.39. The Morgan fingerprint density at radius 3 is 2.45 bits per heavy atom. The highest BCUT2D eigenvalue weighted by Gasteiger charge is 2.16. The number of carbonyl (C=O) groups is 1. The quantitative estimate of drug-likeness (QED) is 0.419. The van der Waals surface area contributed by atoms with E-state index in [2.05, 4.69) is 10.6 Å². The van der Waals surface area contributed by atoms with Gasteiger partial charge in [0.15, 0.2) is 11.2 Å². The number of carbonyl (C=O) groups excluding carboxylic acids is 1. The van der Waals surface area contributed by atoms with E-state index in [0.29, 0.717) is 17.5 Å². The monoisotopic (exact) mass is 326 g/mol. The number of esters is 1. The van der Waals surface area contributed by atoms with E-state index >= 15 is 0 Å². The minimum Gasteiger partial charge on any atom is -0.479 e. The number of ether oxygens (including phenoxy) is 2. The Bertz CT molecular complexity index is 511. The molecule has 7 heteroatoms. The molecule has 0 radical (unpaired) electrons. The molecular formula is C15H22N2O4S. The van der Waals surface area contributed by atoms with E-state index in [-0.39, 0.29) is 0 Å². The van der Waals surface area contributed by atoms with Crippen molar-refractivity contribution in [2.24, 2.45) is 0 Å². The van der Waals surface area contributed by atoms with E-state index in [4.69, 9.17) is 21.7 Å². The van der Waals surface area contributed by atoms with Crippen molar-refractivity contribution >= 4 is 29.0 Å². The molecule has 0 saturated carbocycles. The number of anilines is 1. The third-order valence-electron chi connectivity index (χ3n) is 2.46. The van der Waals surface area contributed by atoms with E-state index in [9.17, 15) is 9.90 Å². The smallest absolute Gasteiger partial charge is 0.347 e. The lowest BCUT2D eigenvalue weighted by atomic mass is 10.3. The van der Waals surface area contributed by atoms with Gasteiger partial charge >= 0.3 is 5.97 Å². The van der Waals surface area contributed by atoms with Crippen LogP contribution in [0.15, 0.2) is 24.3 Å². The summed E-state index contributed by atoms with van der Waals surface area (Å²) in [5, 5.41) is 15.6. The first kappa shape index (κ1) is 18.2. The molecule has 0 aliphatic heterocycles. The van der Waals surface area contributed by atoms with Gasteiger partial charge in [0.2, 0.25) is 0 Å². The number of nitrogens with one attached hydrogen (secondary N) is 2. The van der Waals surface area contributed by atoms with E-state index in [1.54, 1.807) is 52.0 Å². The summed E-state index contributed by atoms with van der Waals surface area (Å²) in [6.45, 7) is 6.88. The highest BCUT2D eigenvalue weighted by Crippen LogP contribution is 2.17. The maximum absolute atomic E-state index is 11.5. The molecule has 0 heterocycles. The predicted octanol–water partition coefficient (Wildman–Crippen LogP) is 2.03. The van der Waals surface area contributed by atoms with Crippen molar-refractivity contribution in [3.63, 3.8) is 0 Å². The van der Waals surface area contributed by atoms with Crippen molar-refractivity contribution < 1.29 is 19.4 Å². The van der Waals surface area contributed by atoms with E-state index < -0.39 is 17.8 Å². The molecule has 1 aromatic carbocycles. The van der Waals surface area contributed by atoms with Crippen LogP contribution in [-0.2, 0) is 9.53 Å². The second-order valence-corrected chi connectivity index (χ2v) is 5.58. The minimum absolute atomic E-state index is 0.307. The number of thiocarbonyl (C=S) groups is 1. The van der Waals surface area contributed by atoms with Crippen LogP contribution in [0.1, 0.15) is 27.7 Å². The van der Waals surface area contributed by atoms with Crippen molar-refractivity contribution in [3.8, 4) is 5.75 Å². The number of benzene rings is 1. The lowest BCUT2D eigenvalue weighted by Crippen LogP contribution is -2.45. The Labute approximate surface area is 135 Å². The van der Waals surface area contributed by atoms with Crippen LogP contribution in [0.2, 0.25) is 0 Å². The van der Waals surface area contributed by atoms with E-state index in [1.165, 1.54) is 0 Å². The Morgan fingerprint density at radius 1 is 1.36 bits per heavy atom. The molecule has 0 amide bonds. The van der Waals surface area contributed by atoms with Crippen LogP contribution in [0, 0.1) is 0 Å². The summed E-state index contributed by atoms with van der Waals surface area (Å²) < 4.78 is 10.4. The van der Waals surface area contributed by atoms with Crippen molar-refractivity contribution in [2.75, 3.05) is 11.9 Å². The lowest BCUT2D eigenvalue weighted by molar-refractivity contribution is -0.150. The second-order valence-electron chi connectivity index (χ2n) is 5.17. The number of rotatable bonds is 6. The van der Waals surface area contributed by atoms with Crippen LogP contribution in [0.4, 0.5) is 5.69 Å². The van der Waals surface area contributed by atoms with E-state index in [0.717, 1.165) is 5.69 Å². The topological polar surface area (TPSA) is 79.8 Å². The lowest BCUT2D eigenvalue weighted by Gasteiger charge is -2.21. The standard InChI is InChI=1S/C15H22N2O4S/c1-5-20-13(18)10(2)21-12-8-6-11(7-9-12)16-14(22)17-15(3,4)19/h6-10,19H,5H2,1-4H3,(H2,16,17,22). The first-order valence-corrected chi connectivity index (χ1v) is 7.37. The largest absolute Gasteiger partial charge is 0.479 e. The predicted molar refractivity (Wildman–Crippen MR) is 88.8 cm³/mol. The first-order chi connectivity index (χ1) is 10.2. The highest BCUT2D eigenvalue weighted by molar-refractivity contribution is 7.80. The summed E-state index contributed by atoms with van der Waals surface area (Å²) in [5.41, 5.74) is -0.361. The number of aliphatic hydroxyl groups is 1. The highest BCUT2D eigenvalue weighted by atomic mass is 32.1. The third kappa shape index (κ3) is 6.73. The Kier molecular flexibility index (Phi) is 6.58. The van der Waals surface area contributed by atoms with Gasteiger partial charge in [-0.3, -0.25) is 0 Å². The SMILES string of the molecule is CCOC(=O)C(C)Oc1ccc(NC(=S)NC(C)(C)O)cc1. The van der Waals surface area contributed by atoms with Crippen molar-refractivity contribution in [1.82, 2.24) is 5.32 Å². The maximum atomic E-state index is 11.5. The zero-order valence-electron chi connectivity index (χ0n) is 13.2. The molecule has 0 aromatic heterocycles.